The van der Waals surface area contributed by atoms with E-state index < -0.39 is 0 Å². The summed E-state index contributed by atoms with van der Waals surface area (Å²) in [7, 11) is 1.66. The van der Waals surface area contributed by atoms with Gasteiger partial charge in [-0.25, -0.2) is 9.97 Å². The SMILES string of the molecule is COc1ccc(C(C)Nc2ccncn2)cc1. The lowest BCUT2D eigenvalue weighted by Crippen LogP contribution is -2.07. The first-order valence-corrected chi connectivity index (χ1v) is 5.46. The van der Waals surface area contributed by atoms with Crippen molar-refractivity contribution in [2.75, 3.05) is 12.4 Å². The lowest BCUT2D eigenvalue weighted by molar-refractivity contribution is 0.414. The fraction of sp³-hybridized carbons (Fsp3) is 0.231. The Bertz CT molecular complexity index is 456. The van der Waals surface area contributed by atoms with Crippen LogP contribution in [0.2, 0.25) is 0 Å². The number of aromatic nitrogens is 2. The number of methoxy groups -OCH3 is 1. The minimum Gasteiger partial charge on any atom is -0.497 e. The van der Waals surface area contributed by atoms with Crippen LogP contribution in [0.15, 0.2) is 42.9 Å². The van der Waals surface area contributed by atoms with Gasteiger partial charge in [-0.05, 0) is 30.7 Å². The molecular weight excluding hydrogens is 214 g/mol. The highest BCUT2D eigenvalue weighted by atomic mass is 16.5. The monoisotopic (exact) mass is 229 g/mol. The Morgan fingerprint density at radius 1 is 1.18 bits per heavy atom. The zero-order chi connectivity index (χ0) is 12.1. The highest BCUT2D eigenvalue weighted by molar-refractivity contribution is 5.37. The summed E-state index contributed by atoms with van der Waals surface area (Å²) in [5, 5.41) is 3.30. The van der Waals surface area contributed by atoms with Crippen molar-refractivity contribution in [3.63, 3.8) is 0 Å². The van der Waals surface area contributed by atoms with Crippen molar-refractivity contribution < 1.29 is 4.74 Å². The molecule has 0 amide bonds. The molecule has 1 heterocycles. The summed E-state index contributed by atoms with van der Waals surface area (Å²) in [4.78, 5) is 8.01. The fourth-order valence-corrected chi connectivity index (χ4v) is 1.57. The molecule has 0 fully saturated rings. The molecule has 2 rings (SSSR count). The Hall–Kier alpha value is -2.10. The van der Waals surface area contributed by atoms with Gasteiger partial charge in [-0.2, -0.15) is 0 Å². The molecule has 1 atom stereocenters. The Balaban J connectivity index is 2.06. The molecule has 0 radical (unpaired) electrons. The molecular formula is C13H15N3O. The van der Waals surface area contributed by atoms with E-state index in [-0.39, 0.29) is 6.04 Å². The lowest BCUT2D eigenvalue weighted by Gasteiger charge is -2.14. The van der Waals surface area contributed by atoms with Gasteiger partial charge >= 0.3 is 0 Å². The maximum atomic E-state index is 5.13. The molecule has 88 valence electrons. The molecule has 1 N–H and O–H groups in total. The molecule has 1 unspecified atom stereocenters. The molecule has 0 spiro atoms. The van der Waals surface area contributed by atoms with Gasteiger partial charge in [-0.1, -0.05) is 12.1 Å². The van der Waals surface area contributed by atoms with Crippen molar-refractivity contribution in [1.29, 1.82) is 0 Å². The standard InChI is InChI=1S/C13H15N3O/c1-10(16-13-7-8-14-9-15-13)11-3-5-12(17-2)6-4-11/h3-10H,1-2H3,(H,14,15,16). The number of ether oxygens (including phenoxy) is 1. The van der Waals surface area contributed by atoms with Crippen molar-refractivity contribution in [3.05, 3.63) is 48.4 Å². The van der Waals surface area contributed by atoms with E-state index in [4.69, 9.17) is 4.74 Å². The van der Waals surface area contributed by atoms with Crippen LogP contribution in [0, 0.1) is 0 Å². The number of rotatable bonds is 4. The van der Waals surface area contributed by atoms with Crippen LogP contribution in [-0.2, 0) is 0 Å². The quantitative estimate of drug-likeness (QED) is 0.875. The minimum absolute atomic E-state index is 0.191. The maximum absolute atomic E-state index is 5.13. The topological polar surface area (TPSA) is 47.0 Å². The minimum atomic E-state index is 0.191. The fourth-order valence-electron chi connectivity index (χ4n) is 1.57. The van der Waals surface area contributed by atoms with E-state index >= 15 is 0 Å². The normalized spacial score (nSPS) is 11.9. The van der Waals surface area contributed by atoms with Gasteiger partial charge in [-0.15, -0.1) is 0 Å². The van der Waals surface area contributed by atoms with Crippen molar-refractivity contribution in [2.45, 2.75) is 13.0 Å². The molecule has 0 aliphatic carbocycles. The van der Waals surface area contributed by atoms with Crippen LogP contribution in [0.3, 0.4) is 0 Å². The number of nitrogens with one attached hydrogen (secondary N) is 1. The van der Waals surface area contributed by atoms with Crippen LogP contribution in [0.1, 0.15) is 18.5 Å². The maximum Gasteiger partial charge on any atom is 0.129 e. The largest absolute Gasteiger partial charge is 0.497 e. The van der Waals surface area contributed by atoms with E-state index in [1.54, 1.807) is 13.3 Å². The molecule has 4 nitrogen and oxygen atoms in total. The molecule has 4 heteroatoms. The van der Waals surface area contributed by atoms with E-state index in [1.807, 2.05) is 30.3 Å². The molecule has 0 saturated carbocycles. The van der Waals surface area contributed by atoms with E-state index in [9.17, 15) is 0 Å². The number of nitrogens with zero attached hydrogens (tertiary/aromatic N) is 2. The molecule has 17 heavy (non-hydrogen) atoms. The summed E-state index contributed by atoms with van der Waals surface area (Å²) in [6.45, 7) is 2.09. The summed E-state index contributed by atoms with van der Waals surface area (Å²) < 4.78 is 5.13. The van der Waals surface area contributed by atoms with Crippen LogP contribution >= 0.6 is 0 Å². The Kier molecular flexibility index (Phi) is 3.55. The molecule has 0 aliphatic heterocycles. The summed E-state index contributed by atoms with van der Waals surface area (Å²) in [6.07, 6.45) is 3.25. The second-order valence-electron chi connectivity index (χ2n) is 3.73. The van der Waals surface area contributed by atoms with Crippen molar-refractivity contribution in [3.8, 4) is 5.75 Å². The van der Waals surface area contributed by atoms with Gasteiger partial charge in [0.1, 0.15) is 17.9 Å². The molecule has 0 aliphatic rings. The Morgan fingerprint density at radius 2 is 1.94 bits per heavy atom. The summed E-state index contributed by atoms with van der Waals surface area (Å²) >= 11 is 0. The molecule has 0 saturated heterocycles. The third-order valence-corrected chi connectivity index (χ3v) is 2.56. The first kappa shape index (κ1) is 11.4. The molecule has 0 bridgehead atoms. The number of hydrogen-bond donors (Lipinski definition) is 1. The predicted octanol–water partition coefficient (Wildman–Crippen LogP) is 2.66. The van der Waals surface area contributed by atoms with E-state index in [2.05, 4.69) is 22.2 Å². The second-order valence-corrected chi connectivity index (χ2v) is 3.73. The van der Waals surface area contributed by atoms with Gasteiger partial charge in [0, 0.05) is 12.2 Å². The van der Waals surface area contributed by atoms with Crippen LogP contribution < -0.4 is 10.1 Å². The summed E-state index contributed by atoms with van der Waals surface area (Å²) in [5.41, 5.74) is 1.18. The van der Waals surface area contributed by atoms with Crippen molar-refractivity contribution >= 4 is 5.82 Å². The van der Waals surface area contributed by atoms with Crippen LogP contribution in [0.25, 0.3) is 0 Å². The number of anilines is 1. The predicted molar refractivity (Wildman–Crippen MR) is 67.1 cm³/mol. The smallest absolute Gasteiger partial charge is 0.129 e. The second kappa shape index (κ2) is 5.30. The third kappa shape index (κ3) is 2.93. The summed E-state index contributed by atoms with van der Waals surface area (Å²) in [6, 6.07) is 10.0. The van der Waals surface area contributed by atoms with Gasteiger partial charge in [0.15, 0.2) is 0 Å². The van der Waals surface area contributed by atoms with Gasteiger partial charge in [-0.3, -0.25) is 0 Å². The highest BCUT2D eigenvalue weighted by Crippen LogP contribution is 2.20. The average molecular weight is 229 g/mol. The van der Waals surface area contributed by atoms with Crippen molar-refractivity contribution in [1.82, 2.24) is 9.97 Å². The van der Waals surface area contributed by atoms with E-state index in [0.717, 1.165) is 11.6 Å². The van der Waals surface area contributed by atoms with Crippen LogP contribution in [0.5, 0.6) is 5.75 Å². The van der Waals surface area contributed by atoms with Gasteiger partial charge in [0.2, 0.25) is 0 Å². The summed E-state index contributed by atoms with van der Waals surface area (Å²) in [5.74, 6) is 1.69. The molecule has 1 aromatic heterocycles. The first-order valence-electron chi connectivity index (χ1n) is 5.46. The lowest BCUT2D eigenvalue weighted by atomic mass is 10.1. The number of benzene rings is 1. The third-order valence-electron chi connectivity index (χ3n) is 2.56. The highest BCUT2D eigenvalue weighted by Gasteiger charge is 2.05. The van der Waals surface area contributed by atoms with Gasteiger partial charge < -0.3 is 10.1 Å². The Morgan fingerprint density at radius 3 is 2.53 bits per heavy atom. The van der Waals surface area contributed by atoms with Crippen LogP contribution in [0.4, 0.5) is 5.82 Å². The number of hydrogen-bond acceptors (Lipinski definition) is 4. The van der Waals surface area contributed by atoms with Gasteiger partial charge in [0.25, 0.3) is 0 Å². The Labute approximate surface area is 101 Å². The molecule has 2 aromatic rings. The van der Waals surface area contributed by atoms with E-state index in [0.29, 0.717) is 0 Å². The van der Waals surface area contributed by atoms with Crippen molar-refractivity contribution in [2.24, 2.45) is 0 Å². The van der Waals surface area contributed by atoms with Crippen LogP contribution in [-0.4, -0.2) is 17.1 Å². The zero-order valence-electron chi connectivity index (χ0n) is 9.92. The average Bonchev–Trinajstić information content (AvgIpc) is 2.40. The van der Waals surface area contributed by atoms with Gasteiger partial charge in [0.05, 0.1) is 7.11 Å². The zero-order valence-corrected chi connectivity index (χ0v) is 9.92. The molecule has 1 aromatic carbocycles. The van der Waals surface area contributed by atoms with E-state index in [1.165, 1.54) is 11.9 Å². The first-order chi connectivity index (χ1) is 8.29.